The third-order valence-electron chi connectivity index (χ3n) is 11.4. The fourth-order valence-corrected chi connectivity index (χ4v) is 8.51. The SMILES string of the molecule is Cc1noc(C)c1-c1cc(C=O)c2c(c1)CC(C1CC1)=N2.Cc1noc(C)c1-c1cc2c(c(C(O)C3Cc4ccccc4C3)c1)N=C(C1CC1)C2. The molecule has 8 nitrogen and oxygen atoms in total. The van der Waals surface area contributed by atoms with Gasteiger partial charge in [-0.05, 0) is 142 Å². The van der Waals surface area contributed by atoms with E-state index in [2.05, 4.69) is 52.8 Å². The molecule has 2 aliphatic heterocycles. The van der Waals surface area contributed by atoms with Crippen molar-refractivity contribution in [1.29, 1.82) is 0 Å². The number of aryl methyl sites for hydroxylation is 4. The first-order valence-electron chi connectivity index (χ1n) is 18.3. The number of aromatic nitrogens is 2. The van der Waals surface area contributed by atoms with E-state index in [0.717, 1.165) is 99.6 Å². The maximum Gasteiger partial charge on any atom is 0.152 e. The summed E-state index contributed by atoms with van der Waals surface area (Å²) in [5, 5.41) is 19.7. The molecule has 4 heterocycles. The molecule has 0 amide bonds. The Morgan fingerprint density at radius 3 is 1.71 bits per heavy atom. The summed E-state index contributed by atoms with van der Waals surface area (Å²) in [6.45, 7) is 7.76. The molecule has 1 N–H and O–H groups in total. The van der Waals surface area contributed by atoms with Gasteiger partial charge in [0.25, 0.3) is 0 Å². The lowest BCUT2D eigenvalue weighted by atomic mass is 9.88. The second-order valence-corrected chi connectivity index (χ2v) is 15.2. The van der Waals surface area contributed by atoms with Gasteiger partial charge in [0.15, 0.2) is 6.29 Å². The molecule has 2 fully saturated rings. The topological polar surface area (TPSA) is 114 Å². The van der Waals surface area contributed by atoms with Crippen molar-refractivity contribution in [3.63, 3.8) is 0 Å². The van der Waals surface area contributed by atoms with Crippen molar-refractivity contribution in [2.24, 2.45) is 27.7 Å². The maximum atomic E-state index is 11.5. The van der Waals surface area contributed by atoms with E-state index in [1.54, 1.807) is 0 Å². The van der Waals surface area contributed by atoms with Crippen LogP contribution in [0.5, 0.6) is 0 Å². The minimum Gasteiger partial charge on any atom is -0.388 e. The Balaban J connectivity index is 0.000000146. The summed E-state index contributed by atoms with van der Waals surface area (Å²) in [6.07, 6.45) is 8.95. The van der Waals surface area contributed by atoms with Crippen LogP contribution in [-0.4, -0.2) is 33.1 Å². The molecule has 0 bridgehead atoms. The Bertz CT molecular complexity index is 2220. The van der Waals surface area contributed by atoms with Crippen LogP contribution < -0.4 is 0 Å². The van der Waals surface area contributed by atoms with Crippen molar-refractivity contribution in [2.45, 2.75) is 85.2 Å². The van der Waals surface area contributed by atoms with Gasteiger partial charge in [-0.15, -0.1) is 0 Å². The van der Waals surface area contributed by atoms with Gasteiger partial charge in [-0.3, -0.25) is 14.8 Å². The summed E-state index contributed by atoms with van der Waals surface area (Å²) in [4.78, 5) is 21.2. The Morgan fingerprint density at radius 2 is 1.22 bits per heavy atom. The van der Waals surface area contributed by atoms with E-state index in [-0.39, 0.29) is 5.92 Å². The highest BCUT2D eigenvalue weighted by atomic mass is 16.5. The number of benzene rings is 3. The second-order valence-electron chi connectivity index (χ2n) is 15.2. The van der Waals surface area contributed by atoms with E-state index in [1.165, 1.54) is 53.8 Å². The van der Waals surface area contributed by atoms with Crippen molar-refractivity contribution in [1.82, 2.24) is 10.3 Å². The summed E-state index contributed by atoms with van der Waals surface area (Å²) in [7, 11) is 0. The highest BCUT2D eigenvalue weighted by Gasteiger charge is 2.36. The van der Waals surface area contributed by atoms with Crippen LogP contribution in [0.3, 0.4) is 0 Å². The Hall–Kier alpha value is -4.95. The maximum absolute atomic E-state index is 11.5. The van der Waals surface area contributed by atoms with E-state index < -0.39 is 6.10 Å². The molecule has 1 unspecified atom stereocenters. The molecule has 2 saturated carbocycles. The minimum absolute atomic E-state index is 0.187. The monoisotopic (exact) mass is 678 g/mol. The Kier molecular flexibility index (Phi) is 7.76. The van der Waals surface area contributed by atoms with E-state index in [9.17, 15) is 9.90 Å². The smallest absolute Gasteiger partial charge is 0.152 e. The van der Waals surface area contributed by atoms with Crippen LogP contribution in [-0.2, 0) is 25.7 Å². The fraction of sp³-hybridized carbons (Fsp3) is 0.372. The van der Waals surface area contributed by atoms with Gasteiger partial charge in [-0.2, -0.15) is 0 Å². The lowest BCUT2D eigenvalue weighted by Crippen LogP contribution is -2.13. The van der Waals surface area contributed by atoms with Crippen LogP contribution in [0.15, 0.2) is 67.6 Å². The van der Waals surface area contributed by atoms with Crippen LogP contribution in [0.25, 0.3) is 22.3 Å². The van der Waals surface area contributed by atoms with Crippen molar-refractivity contribution >= 4 is 29.1 Å². The normalized spacial score (nSPS) is 18.1. The molecule has 0 spiro atoms. The van der Waals surface area contributed by atoms with E-state index >= 15 is 0 Å². The zero-order valence-electron chi connectivity index (χ0n) is 29.6. The third kappa shape index (κ3) is 5.79. The predicted octanol–water partition coefficient (Wildman–Crippen LogP) is 9.25. The molecule has 1 atom stereocenters. The first-order valence-corrected chi connectivity index (χ1v) is 18.3. The number of carbonyl (C=O) groups excluding carboxylic acids is 1. The first kappa shape index (κ1) is 32.0. The summed E-state index contributed by atoms with van der Waals surface area (Å²) in [6, 6.07) is 17.0. The van der Waals surface area contributed by atoms with Crippen molar-refractivity contribution in [2.75, 3.05) is 0 Å². The second kappa shape index (κ2) is 12.4. The van der Waals surface area contributed by atoms with Gasteiger partial charge < -0.3 is 14.2 Å². The molecular formula is C43H42N4O4. The zero-order valence-corrected chi connectivity index (χ0v) is 29.6. The van der Waals surface area contributed by atoms with Crippen LogP contribution in [0.4, 0.5) is 11.4 Å². The zero-order chi connectivity index (χ0) is 35.0. The molecule has 51 heavy (non-hydrogen) atoms. The van der Waals surface area contributed by atoms with Crippen molar-refractivity contribution in [3.05, 3.63) is 105 Å². The molecular weight excluding hydrogens is 636 g/mol. The molecule has 2 aromatic heterocycles. The number of hydrogen-bond donors (Lipinski definition) is 1. The number of aldehydes is 1. The van der Waals surface area contributed by atoms with Gasteiger partial charge in [0, 0.05) is 46.5 Å². The van der Waals surface area contributed by atoms with Gasteiger partial charge in [0.1, 0.15) is 11.5 Å². The summed E-state index contributed by atoms with van der Waals surface area (Å²) in [5.41, 5.74) is 17.0. The largest absolute Gasteiger partial charge is 0.388 e. The average molecular weight is 679 g/mol. The van der Waals surface area contributed by atoms with Crippen molar-refractivity contribution in [3.8, 4) is 22.3 Å². The standard InChI is InChI=1S/C26H26N2O2.C17H16N2O2/c1-14-24(15(2)30-28-14)19-11-20-13-23(16-7-8-16)27-25(20)22(12-19)26(29)21-9-17-5-3-4-6-18(17)10-21;1-9-16(10(2)21-19-9)12-5-13-7-15(11-3-4-11)18-17(13)14(6-12)8-20/h3-6,11-12,16,21,26,29H,7-10,13H2,1-2H3;5-6,8,11H,3-4,7H2,1-2H3. The van der Waals surface area contributed by atoms with Crippen LogP contribution >= 0.6 is 0 Å². The van der Waals surface area contributed by atoms with Crippen molar-refractivity contribution < 1.29 is 18.9 Å². The molecule has 3 aromatic carbocycles. The van der Waals surface area contributed by atoms with Gasteiger partial charge in [-0.25, -0.2) is 0 Å². The number of hydrogen-bond acceptors (Lipinski definition) is 8. The Labute approximate surface area is 297 Å². The lowest BCUT2D eigenvalue weighted by molar-refractivity contribution is 0.112. The van der Waals surface area contributed by atoms with E-state index in [4.69, 9.17) is 19.0 Å². The number of nitrogens with zero attached hydrogens (tertiary/aromatic N) is 4. The number of aliphatic imine (C=N–C) groups is 2. The van der Waals surface area contributed by atoms with Crippen LogP contribution in [0, 0.1) is 45.4 Å². The van der Waals surface area contributed by atoms with Crippen LogP contribution in [0.2, 0.25) is 0 Å². The highest BCUT2D eigenvalue weighted by molar-refractivity contribution is 6.02. The lowest BCUT2D eigenvalue weighted by Gasteiger charge is -2.21. The summed E-state index contributed by atoms with van der Waals surface area (Å²) >= 11 is 0. The number of fused-ring (bicyclic) bond motifs is 3. The average Bonchev–Trinajstić information content (AvgIpc) is 3.94. The highest BCUT2D eigenvalue weighted by Crippen LogP contribution is 2.47. The van der Waals surface area contributed by atoms with E-state index in [1.807, 2.05) is 33.8 Å². The molecule has 0 saturated heterocycles. The summed E-state index contributed by atoms with van der Waals surface area (Å²) < 4.78 is 10.7. The first-order chi connectivity index (χ1) is 24.7. The molecule has 10 rings (SSSR count). The molecule has 3 aliphatic carbocycles. The van der Waals surface area contributed by atoms with Crippen LogP contribution in [0.1, 0.15) is 92.9 Å². The molecule has 258 valence electrons. The van der Waals surface area contributed by atoms with Gasteiger partial charge in [-0.1, -0.05) is 34.6 Å². The Morgan fingerprint density at radius 1 is 0.706 bits per heavy atom. The third-order valence-corrected chi connectivity index (χ3v) is 11.4. The number of carbonyl (C=O) groups is 1. The molecule has 0 radical (unpaired) electrons. The fourth-order valence-electron chi connectivity index (χ4n) is 8.51. The summed E-state index contributed by atoms with van der Waals surface area (Å²) in [5.74, 6) is 3.07. The number of aliphatic hydroxyl groups is 1. The number of aliphatic hydroxyl groups excluding tert-OH is 1. The molecule has 8 heteroatoms. The van der Waals surface area contributed by atoms with Gasteiger partial charge in [0.05, 0.1) is 28.9 Å². The quantitative estimate of drug-likeness (QED) is 0.172. The molecule has 5 aliphatic rings. The minimum atomic E-state index is -0.533. The van der Waals surface area contributed by atoms with E-state index in [0.29, 0.717) is 17.4 Å². The molecule has 5 aromatic rings. The number of rotatable bonds is 7. The predicted molar refractivity (Wildman–Crippen MR) is 198 cm³/mol. The van der Waals surface area contributed by atoms with Gasteiger partial charge >= 0.3 is 0 Å². The van der Waals surface area contributed by atoms with Gasteiger partial charge in [0.2, 0.25) is 0 Å².